The molecule has 0 bridgehead atoms. The number of piperazine rings is 1. The Labute approximate surface area is 190 Å². The third kappa shape index (κ3) is 4.39. The van der Waals surface area contributed by atoms with Gasteiger partial charge in [0.1, 0.15) is 17.1 Å². The summed E-state index contributed by atoms with van der Waals surface area (Å²) in [5, 5.41) is 7.89. The Hall–Kier alpha value is -3.17. The van der Waals surface area contributed by atoms with E-state index in [1.807, 2.05) is 12.1 Å². The number of halogens is 1. The summed E-state index contributed by atoms with van der Waals surface area (Å²) >= 11 is 5.93. The van der Waals surface area contributed by atoms with Gasteiger partial charge in [-0.2, -0.15) is 9.61 Å². The molecule has 0 saturated carbocycles. The number of methoxy groups -OCH3 is 1. The smallest absolute Gasteiger partial charge is 0.343 e. The minimum Gasteiger partial charge on any atom is -0.465 e. The van der Waals surface area contributed by atoms with Gasteiger partial charge in [-0.15, -0.1) is 0 Å². The average molecular weight is 457 g/mol. The highest BCUT2D eigenvalue weighted by molar-refractivity contribution is 6.30. The van der Waals surface area contributed by atoms with E-state index in [9.17, 15) is 9.59 Å². The van der Waals surface area contributed by atoms with Gasteiger partial charge in [0.2, 0.25) is 0 Å². The third-order valence-corrected chi connectivity index (χ3v) is 5.83. The molecule has 3 heterocycles. The fraction of sp³-hybridized carbons (Fsp3) is 0.364. The number of fused-ring (bicyclic) bond motifs is 1. The van der Waals surface area contributed by atoms with Crippen LogP contribution in [0.15, 0.2) is 36.5 Å². The molecule has 3 aromatic rings. The van der Waals surface area contributed by atoms with Crippen molar-refractivity contribution in [2.24, 2.45) is 0 Å². The highest BCUT2D eigenvalue weighted by atomic mass is 35.5. The number of amides is 1. The second-order valence-electron chi connectivity index (χ2n) is 7.90. The van der Waals surface area contributed by atoms with Crippen molar-refractivity contribution < 1.29 is 14.3 Å². The maximum absolute atomic E-state index is 13.0. The molecule has 2 aromatic heterocycles. The largest absolute Gasteiger partial charge is 0.465 e. The van der Waals surface area contributed by atoms with E-state index >= 15 is 0 Å². The predicted octanol–water partition coefficient (Wildman–Crippen LogP) is 2.24. The maximum Gasteiger partial charge on any atom is 0.343 e. The van der Waals surface area contributed by atoms with E-state index in [2.05, 4.69) is 39.2 Å². The average Bonchev–Trinajstić information content (AvgIpc) is 3.21. The molecule has 32 heavy (non-hydrogen) atoms. The summed E-state index contributed by atoms with van der Waals surface area (Å²) in [5.41, 5.74) is 1.62. The number of likely N-dealkylation sites (N-methyl/N-ethyl adjacent to an activating group) is 1. The number of nitrogens with zero attached hydrogens (tertiary/aromatic N) is 5. The number of hydrogen-bond donors (Lipinski definition) is 1. The van der Waals surface area contributed by atoms with Crippen LogP contribution < -0.4 is 10.2 Å². The summed E-state index contributed by atoms with van der Waals surface area (Å²) in [6, 6.07) is 9.16. The number of nitrogens with one attached hydrogen (secondary N) is 1. The van der Waals surface area contributed by atoms with Crippen molar-refractivity contribution in [1.82, 2.24) is 24.8 Å². The fourth-order valence-electron chi connectivity index (χ4n) is 3.88. The zero-order valence-corrected chi connectivity index (χ0v) is 19.0. The Bertz CT molecular complexity index is 1150. The van der Waals surface area contributed by atoms with Crippen molar-refractivity contribution in [1.29, 1.82) is 0 Å². The van der Waals surface area contributed by atoms with Gasteiger partial charge in [-0.25, -0.2) is 9.78 Å². The molecule has 4 rings (SSSR count). The number of anilines is 1. The van der Waals surface area contributed by atoms with Gasteiger partial charge in [0.15, 0.2) is 5.65 Å². The van der Waals surface area contributed by atoms with E-state index in [1.165, 1.54) is 13.3 Å². The first-order valence-corrected chi connectivity index (χ1v) is 10.7. The number of ether oxygens (including phenoxy) is 1. The fourth-order valence-corrected chi connectivity index (χ4v) is 4.00. The molecule has 1 aliphatic rings. The third-order valence-electron chi connectivity index (χ3n) is 5.58. The molecule has 0 spiro atoms. The lowest BCUT2D eigenvalue weighted by atomic mass is 10.2. The molecule has 0 radical (unpaired) electrons. The number of benzene rings is 1. The standard InChI is InChI=1S/C22H25ClN6O3/c1-14-13-27(2)8-9-28(14)19-10-18(21(30)24-11-15-4-6-16(23)7-5-15)26-20-17(22(31)32-3)12-25-29(19)20/h4-7,10,12,14H,8-9,11,13H2,1-3H3,(H,24,30)/t14-/m1/s1. The molecule has 1 amide bonds. The van der Waals surface area contributed by atoms with Crippen LogP contribution in [0.5, 0.6) is 0 Å². The Morgan fingerprint density at radius 2 is 2.00 bits per heavy atom. The quantitative estimate of drug-likeness (QED) is 0.588. The van der Waals surface area contributed by atoms with E-state index in [0.717, 1.165) is 25.2 Å². The number of carbonyl (C=O) groups excluding carboxylic acids is 2. The lowest BCUT2D eigenvalue weighted by Gasteiger charge is -2.39. The van der Waals surface area contributed by atoms with Crippen LogP contribution in [-0.4, -0.2) is 71.2 Å². The molecular weight excluding hydrogens is 432 g/mol. The highest BCUT2D eigenvalue weighted by Crippen LogP contribution is 2.24. The summed E-state index contributed by atoms with van der Waals surface area (Å²) in [7, 11) is 3.38. The molecule has 168 valence electrons. The minimum atomic E-state index is -0.552. The number of esters is 1. The van der Waals surface area contributed by atoms with Crippen molar-refractivity contribution in [2.45, 2.75) is 19.5 Å². The van der Waals surface area contributed by atoms with Crippen molar-refractivity contribution in [2.75, 3.05) is 38.7 Å². The highest BCUT2D eigenvalue weighted by Gasteiger charge is 2.27. The van der Waals surface area contributed by atoms with Gasteiger partial charge in [-0.05, 0) is 31.7 Å². The summed E-state index contributed by atoms with van der Waals surface area (Å²) in [4.78, 5) is 34.1. The Balaban J connectivity index is 1.70. The van der Waals surface area contributed by atoms with E-state index in [1.54, 1.807) is 22.7 Å². The second kappa shape index (κ2) is 9.13. The lowest BCUT2D eigenvalue weighted by molar-refractivity contribution is 0.0602. The summed E-state index contributed by atoms with van der Waals surface area (Å²) in [6.45, 7) is 4.94. The molecule has 1 atom stereocenters. The molecule has 1 aromatic carbocycles. The van der Waals surface area contributed by atoms with Crippen molar-refractivity contribution in [3.63, 3.8) is 0 Å². The van der Waals surface area contributed by atoms with Crippen LogP contribution in [0.25, 0.3) is 5.65 Å². The van der Waals surface area contributed by atoms with Crippen molar-refractivity contribution in [3.05, 3.63) is 58.4 Å². The molecule has 9 nitrogen and oxygen atoms in total. The van der Waals surface area contributed by atoms with Gasteiger partial charge < -0.3 is 19.9 Å². The molecule has 1 saturated heterocycles. The van der Waals surface area contributed by atoms with Crippen molar-refractivity contribution >= 4 is 34.9 Å². The van der Waals surface area contributed by atoms with Gasteiger partial charge >= 0.3 is 5.97 Å². The molecular formula is C22H25ClN6O3. The number of rotatable bonds is 5. The van der Waals surface area contributed by atoms with Crippen LogP contribution in [0.2, 0.25) is 5.02 Å². The summed E-state index contributed by atoms with van der Waals surface area (Å²) < 4.78 is 6.48. The zero-order valence-electron chi connectivity index (χ0n) is 18.2. The van der Waals surface area contributed by atoms with E-state index < -0.39 is 5.97 Å². The Morgan fingerprint density at radius 1 is 1.25 bits per heavy atom. The van der Waals surface area contributed by atoms with Crippen LogP contribution in [-0.2, 0) is 11.3 Å². The summed E-state index contributed by atoms with van der Waals surface area (Å²) in [6.07, 6.45) is 1.42. The molecule has 1 fully saturated rings. The normalized spacial score (nSPS) is 16.9. The molecule has 10 heteroatoms. The van der Waals surface area contributed by atoms with Crippen LogP contribution in [0.4, 0.5) is 5.82 Å². The van der Waals surface area contributed by atoms with E-state index in [4.69, 9.17) is 16.3 Å². The minimum absolute atomic E-state index is 0.190. The SMILES string of the molecule is COC(=O)c1cnn2c(N3CCN(C)C[C@H]3C)cc(C(=O)NCc3ccc(Cl)cc3)nc12. The maximum atomic E-state index is 13.0. The molecule has 1 N–H and O–H groups in total. The van der Waals surface area contributed by atoms with Gasteiger partial charge in [0.05, 0.1) is 13.3 Å². The van der Waals surface area contributed by atoms with Gasteiger partial charge in [-0.3, -0.25) is 4.79 Å². The first-order valence-electron chi connectivity index (χ1n) is 10.3. The molecule has 1 aliphatic heterocycles. The lowest BCUT2D eigenvalue weighted by Crippen LogP contribution is -2.51. The molecule has 0 unspecified atom stereocenters. The van der Waals surface area contributed by atoms with Crippen molar-refractivity contribution in [3.8, 4) is 0 Å². The van der Waals surface area contributed by atoms with Gasteiger partial charge in [0, 0.05) is 43.3 Å². The predicted molar refractivity (Wildman–Crippen MR) is 121 cm³/mol. The van der Waals surface area contributed by atoms with Crippen LogP contribution in [0, 0.1) is 0 Å². The Kier molecular flexibility index (Phi) is 6.29. The van der Waals surface area contributed by atoms with E-state index in [0.29, 0.717) is 17.4 Å². The van der Waals surface area contributed by atoms with E-state index in [-0.39, 0.29) is 28.9 Å². The first kappa shape index (κ1) is 22.0. The van der Waals surface area contributed by atoms with Gasteiger partial charge in [-0.1, -0.05) is 23.7 Å². The topological polar surface area (TPSA) is 92.1 Å². The van der Waals surface area contributed by atoms with Crippen LogP contribution in [0.3, 0.4) is 0 Å². The second-order valence-corrected chi connectivity index (χ2v) is 8.34. The first-order chi connectivity index (χ1) is 15.4. The Morgan fingerprint density at radius 3 is 2.69 bits per heavy atom. The number of aromatic nitrogens is 3. The van der Waals surface area contributed by atoms with Crippen LogP contribution in [0.1, 0.15) is 33.3 Å². The summed E-state index contributed by atoms with van der Waals surface area (Å²) in [5.74, 6) is -0.187. The number of hydrogen-bond acceptors (Lipinski definition) is 7. The monoisotopic (exact) mass is 456 g/mol. The molecule has 0 aliphatic carbocycles. The zero-order chi connectivity index (χ0) is 22.8. The van der Waals surface area contributed by atoms with Crippen LogP contribution >= 0.6 is 11.6 Å². The van der Waals surface area contributed by atoms with Gasteiger partial charge in [0.25, 0.3) is 5.91 Å². The number of carbonyl (C=O) groups is 2.